The average molecular weight is 482 g/mol. The molecular weight excluding hydrogens is 458 g/mol. The largest absolute Gasteiger partial charge is 0.454 e. The normalized spacial score (nSPS) is 13.1. The predicted molar refractivity (Wildman–Crippen MR) is 125 cm³/mol. The maximum Gasteiger partial charge on any atom is 0.329 e. The van der Waals surface area contributed by atoms with Gasteiger partial charge in [0.2, 0.25) is 12.7 Å². The molecule has 0 aliphatic carbocycles. The highest BCUT2D eigenvalue weighted by Gasteiger charge is 2.28. The zero-order valence-electron chi connectivity index (χ0n) is 18.3. The van der Waals surface area contributed by atoms with Gasteiger partial charge in [-0.05, 0) is 29.8 Å². The van der Waals surface area contributed by atoms with Crippen LogP contribution in [0.3, 0.4) is 0 Å². The lowest BCUT2D eigenvalue weighted by molar-refractivity contribution is -0.120. The standard InChI is InChI=1S/C24H23N3O6S/c1-27(18-12-13-21-22(15-18)33-16-32-21)23(28)20(14-17-8-4-2-5-9-17)25-24(29)26-34(30,31)19-10-6-3-7-11-19/h2-13,15,20H,14,16H2,1H3,(H2,25,26,29)/t20-/m1/s1. The number of amides is 3. The predicted octanol–water partition coefficient (Wildman–Crippen LogP) is 2.68. The Morgan fingerprint density at radius 1 is 0.941 bits per heavy atom. The molecule has 3 aromatic carbocycles. The van der Waals surface area contributed by atoms with E-state index in [0.717, 1.165) is 5.56 Å². The van der Waals surface area contributed by atoms with Crippen LogP contribution in [0.4, 0.5) is 10.5 Å². The van der Waals surface area contributed by atoms with Gasteiger partial charge in [-0.25, -0.2) is 17.9 Å². The second-order valence-electron chi connectivity index (χ2n) is 7.57. The minimum Gasteiger partial charge on any atom is -0.454 e. The molecule has 3 amide bonds. The summed E-state index contributed by atoms with van der Waals surface area (Å²) in [5.74, 6) is 0.653. The average Bonchev–Trinajstić information content (AvgIpc) is 3.31. The number of urea groups is 1. The van der Waals surface area contributed by atoms with Crippen LogP contribution in [-0.4, -0.2) is 40.2 Å². The van der Waals surface area contributed by atoms with E-state index in [0.29, 0.717) is 17.2 Å². The third-order valence-electron chi connectivity index (χ3n) is 5.24. The molecule has 0 bridgehead atoms. The molecular formula is C24H23N3O6S. The van der Waals surface area contributed by atoms with Crippen LogP contribution in [0.15, 0.2) is 83.8 Å². The molecule has 1 heterocycles. The number of benzene rings is 3. The Morgan fingerprint density at radius 2 is 1.59 bits per heavy atom. The molecule has 3 aromatic rings. The molecule has 1 atom stereocenters. The maximum atomic E-state index is 13.4. The number of hydrogen-bond donors (Lipinski definition) is 2. The van der Waals surface area contributed by atoms with Gasteiger partial charge in [0.05, 0.1) is 4.90 Å². The summed E-state index contributed by atoms with van der Waals surface area (Å²) in [7, 11) is -2.53. The van der Waals surface area contributed by atoms with E-state index in [1.54, 1.807) is 43.4 Å². The molecule has 0 saturated carbocycles. The number of ether oxygens (including phenoxy) is 2. The van der Waals surface area contributed by atoms with Crippen molar-refractivity contribution in [2.75, 3.05) is 18.7 Å². The second-order valence-corrected chi connectivity index (χ2v) is 9.25. The van der Waals surface area contributed by atoms with Crippen LogP contribution in [0, 0.1) is 0 Å². The monoisotopic (exact) mass is 481 g/mol. The van der Waals surface area contributed by atoms with Crippen LogP contribution >= 0.6 is 0 Å². The van der Waals surface area contributed by atoms with E-state index < -0.39 is 28.0 Å². The van der Waals surface area contributed by atoms with Gasteiger partial charge in [0.15, 0.2) is 11.5 Å². The molecule has 0 fully saturated rings. The van der Waals surface area contributed by atoms with E-state index in [9.17, 15) is 18.0 Å². The van der Waals surface area contributed by atoms with Crippen molar-refractivity contribution in [3.05, 3.63) is 84.4 Å². The van der Waals surface area contributed by atoms with E-state index in [2.05, 4.69) is 5.32 Å². The number of carbonyl (C=O) groups excluding carboxylic acids is 2. The van der Waals surface area contributed by atoms with Crippen LogP contribution in [-0.2, 0) is 21.2 Å². The number of sulfonamides is 1. The quantitative estimate of drug-likeness (QED) is 0.536. The first kappa shape index (κ1) is 23.1. The summed E-state index contributed by atoms with van der Waals surface area (Å²) in [4.78, 5) is 27.3. The van der Waals surface area contributed by atoms with Crippen molar-refractivity contribution < 1.29 is 27.5 Å². The summed E-state index contributed by atoms with van der Waals surface area (Å²) in [6.07, 6.45) is 0.160. The van der Waals surface area contributed by atoms with Crippen LogP contribution in [0.1, 0.15) is 5.56 Å². The van der Waals surface area contributed by atoms with Crippen LogP contribution in [0.2, 0.25) is 0 Å². The third kappa shape index (κ3) is 5.29. The fraction of sp³-hybridized carbons (Fsp3) is 0.167. The number of anilines is 1. The van der Waals surface area contributed by atoms with E-state index >= 15 is 0 Å². The Kier molecular flexibility index (Phi) is 6.69. The molecule has 0 saturated heterocycles. The summed E-state index contributed by atoms with van der Waals surface area (Å²) in [6, 6.07) is 19.6. The molecule has 34 heavy (non-hydrogen) atoms. The minimum absolute atomic E-state index is 0.0615. The molecule has 0 aromatic heterocycles. The Labute approximate surface area is 197 Å². The fourth-order valence-electron chi connectivity index (χ4n) is 3.47. The highest BCUT2D eigenvalue weighted by Crippen LogP contribution is 2.35. The molecule has 1 aliphatic rings. The topological polar surface area (TPSA) is 114 Å². The second kappa shape index (κ2) is 9.84. The van der Waals surface area contributed by atoms with Gasteiger partial charge in [0, 0.05) is 25.2 Å². The van der Waals surface area contributed by atoms with Crippen molar-refractivity contribution >= 4 is 27.6 Å². The lowest BCUT2D eigenvalue weighted by Crippen LogP contribution is -2.52. The SMILES string of the molecule is CN(C(=O)[C@@H](Cc1ccccc1)NC(=O)NS(=O)(=O)c1ccccc1)c1ccc2c(c1)OCO2. The van der Waals surface area contributed by atoms with Gasteiger partial charge < -0.3 is 19.7 Å². The number of rotatable bonds is 7. The zero-order chi connectivity index (χ0) is 24.1. The summed E-state index contributed by atoms with van der Waals surface area (Å²) in [5.41, 5.74) is 1.33. The summed E-state index contributed by atoms with van der Waals surface area (Å²) in [5, 5.41) is 2.52. The lowest BCUT2D eigenvalue weighted by atomic mass is 10.0. The first-order valence-electron chi connectivity index (χ1n) is 10.4. The van der Waals surface area contributed by atoms with Crippen LogP contribution in [0.25, 0.3) is 0 Å². The van der Waals surface area contributed by atoms with Gasteiger partial charge in [-0.2, -0.15) is 0 Å². The van der Waals surface area contributed by atoms with Crippen LogP contribution in [0.5, 0.6) is 11.5 Å². The summed E-state index contributed by atoms with van der Waals surface area (Å²) >= 11 is 0. The minimum atomic E-state index is -4.10. The molecule has 0 unspecified atom stereocenters. The van der Waals surface area contributed by atoms with Gasteiger partial charge in [0.25, 0.3) is 10.0 Å². The van der Waals surface area contributed by atoms with Crippen molar-refractivity contribution in [1.29, 1.82) is 0 Å². The van der Waals surface area contributed by atoms with Gasteiger partial charge in [0.1, 0.15) is 6.04 Å². The molecule has 1 aliphatic heterocycles. The first-order valence-corrected chi connectivity index (χ1v) is 11.9. The third-order valence-corrected chi connectivity index (χ3v) is 6.59. The number of fused-ring (bicyclic) bond motifs is 1. The molecule has 0 spiro atoms. The number of likely N-dealkylation sites (N-methyl/N-ethyl adjacent to an activating group) is 1. The molecule has 2 N–H and O–H groups in total. The fourth-order valence-corrected chi connectivity index (χ4v) is 4.41. The molecule has 4 rings (SSSR count). The van der Waals surface area contributed by atoms with E-state index in [4.69, 9.17) is 9.47 Å². The molecule has 176 valence electrons. The Bertz CT molecular complexity index is 1280. The highest BCUT2D eigenvalue weighted by atomic mass is 32.2. The Morgan fingerprint density at radius 3 is 2.29 bits per heavy atom. The van der Waals surface area contributed by atoms with Gasteiger partial charge in [-0.15, -0.1) is 0 Å². The van der Waals surface area contributed by atoms with E-state index in [-0.39, 0.29) is 18.1 Å². The Balaban J connectivity index is 1.54. The summed E-state index contributed by atoms with van der Waals surface area (Å²) < 4.78 is 37.7. The maximum absolute atomic E-state index is 13.4. The smallest absolute Gasteiger partial charge is 0.329 e. The molecule has 9 nitrogen and oxygen atoms in total. The number of carbonyl (C=O) groups is 2. The number of hydrogen-bond acceptors (Lipinski definition) is 6. The highest BCUT2D eigenvalue weighted by molar-refractivity contribution is 7.90. The Hall–Kier alpha value is -4.05. The van der Waals surface area contributed by atoms with Crippen molar-refractivity contribution in [3.8, 4) is 11.5 Å². The lowest BCUT2D eigenvalue weighted by Gasteiger charge is -2.25. The van der Waals surface area contributed by atoms with Crippen molar-refractivity contribution in [2.45, 2.75) is 17.4 Å². The van der Waals surface area contributed by atoms with Gasteiger partial charge in [-0.1, -0.05) is 48.5 Å². The van der Waals surface area contributed by atoms with Crippen LogP contribution < -0.4 is 24.4 Å². The van der Waals surface area contributed by atoms with Crippen molar-refractivity contribution in [2.24, 2.45) is 0 Å². The molecule has 10 heteroatoms. The van der Waals surface area contributed by atoms with E-state index in [1.165, 1.54) is 17.0 Å². The van der Waals surface area contributed by atoms with E-state index in [1.807, 2.05) is 35.1 Å². The number of nitrogens with zero attached hydrogens (tertiary/aromatic N) is 1. The van der Waals surface area contributed by atoms with Crippen molar-refractivity contribution in [3.63, 3.8) is 0 Å². The van der Waals surface area contributed by atoms with Gasteiger partial charge >= 0.3 is 6.03 Å². The zero-order valence-corrected chi connectivity index (χ0v) is 19.1. The van der Waals surface area contributed by atoms with Gasteiger partial charge in [-0.3, -0.25) is 4.79 Å². The summed E-state index contributed by atoms with van der Waals surface area (Å²) in [6.45, 7) is 0.102. The molecule has 0 radical (unpaired) electrons. The number of nitrogens with one attached hydrogen (secondary N) is 2. The first-order chi connectivity index (χ1) is 16.3. The van der Waals surface area contributed by atoms with Crippen molar-refractivity contribution in [1.82, 2.24) is 10.0 Å².